The molecule has 3 N–H and O–H groups in total. The summed E-state index contributed by atoms with van der Waals surface area (Å²) < 4.78 is 5.06. The third-order valence-electron chi connectivity index (χ3n) is 2.40. The number of hydrogen-bond donors (Lipinski definition) is 3. The van der Waals surface area contributed by atoms with E-state index in [0.29, 0.717) is 19.8 Å². The summed E-state index contributed by atoms with van der Waals surface area (Å²) in [5, 5.41) is 21.2. The summed E-state index contributed by atoms with van der Waals surface area (Å²) in [4.78, 5) is 0. The third-order valence-corrected chi connectivity index (χ3v) is 2.40. The molecule has 0 atom stereocenters. The predicted molar refractivity (Wildman–Crippen MR) is 49.6 cm³/mol. The minimum atomic E-state index is -0.447. The van der Waals surface area contributed by atoms with E-state index < -0.39 is 5.60 Å². The minimum Gasteiger partial charge on any atom is -0.394 e. The summed E-state index contributed by atoms with van der Waals surface area (Å²) in [6.45, 7) is 2.46. The van der Waals surface area contributed by atoms with Crippen molar-refractivity contribution in [1.29, 1.82) is 0 Å². The number of nitrogens with one attached hydrogen (secondary N) is 1. The second-order valence-corrected chi connectivity index (χ2v) is 3.59. The van der Waals surface area contributed by atoms with Crippen LogP contribution in [0.25, 0.3) is 0 Å². The maximum Gasteiger partial charge on any atom is 0.0771 e. The third kappa shape index (κ3) is 4.04. The lowest BCUT2D eigenvalue weighted by Gasteiger charge is -2.36. The van der Waals surface area contributed by atoms with Crippen LogP contribution in [0.3, 0.4) is 0 Å². The van der Waals surface area contributed by atoms with Crippen molar-refractivity contribution in [3.8, 4) is 0 Å². The Hall–Kier alpha value is -0.160. The molecule has 13 heavy (non-hydrogen) atoms. The van der Waals surface area contributed by atoms with Crippen LogP contribution in [0, 0.1) is 0 Å². The van der Waals surface area contributed by atoms with Gasteiger partial charge in [-0.3, -0.25) is 0 Å². The molecular formula is C9H19NO3. The van der Waals surface area contributed by atoms with Crippen molar-refractivity contribution >= 4 is 0 Å². The Morgan fingerprint density at radius 2 is 2.08 bits per heavy atom. The molecular weight excluding hydrogens is 170 g/mol. The summed E-state index contributed by atoms with van der Waals surface area (Å²) >= 11 is 0. The van der Waals surface area contributed by atoms with E-state index in [9.17, 15) is 5.11 Å². The van der Waals surface area contributed by atoms with Crippen LogP contribution < -0.4 is 5.32 Å². The van der Waals surface area contributed by atoms with E-state index in [1.165, 1.54) is 0 Å². The van der Waals surface area contributed by atoms with Crippen LogP contribution in [0.15, 0.2) is 0 Å². The molecule has 0 radical (unpaired) electrons. The van der Waals surface area contributed by atoms with Crippen molar-refractivity contribution < 1.29 is 14.9 Å². The molecule has 78 valence electrons. The number of rotatable bonds is 7. The normalized spacial score (nSPS) is 19.8. The zero-order chi connectivity index (χ0) is 9.57. The number of hydrogen-bond acceptors (Lipinski definition) is 4. The highest BCUT2D eigenvalue weighted by molar-refractivity contribution is 4.89. The largest absolute Gasteiger partial charge is 0.394 e. The summed E-state index contributed by atoms with van der Waals surface area (Å²) in [5.74, 6) is 0. The average molecular weight is 189 g/mol. The van der Waals surface area contributed by atoms with E-state index in [1.54, 1.807) is 0 Å². The molecule has 0 heterocycles. The van der Waals surface area contributed by atoms with Gasteiger partial charge in [0.25, 0.3) is 0 Å². The Bertz CT molecular complexity index is 137. The Balaban J connectivity index is 1.83. The van der Waals surface area contributed by atoms with Gasteiger partial charge in [-0.15, -0.1) is 0 Å². The van der Waals surface area contributed by atoms with Gasteiger partial charge in [0.05, 0.1) is 25.4 Å². The molecule has 0 aromatic heterocycles. The summed E-state index contributed by atoms with van der Waals surface area (Å²) in [6, 6.07) is 0. The van der Waals surface area contributed by atoms with Crippen LogP contribution >= 0.6 is 0 Å². The zero-order valence-electron chi connectivity index (χ0n) is 7.96. The summed E-state index contributed by atoms with van der Waals surface area (Å²) in [5.41, 5.74) is -0.447. The van der Waals surface area contributed by atoms with Gasteiger partial charge in [0.2, 0.25) is 0 Å². The first-order valence-corrected chi connectivity index (χ1v) is 4.88. The highest BCUT2D eigenvalue weighted by atomic mass is 16.5. The monoisotopic (exact) mass is 189 g/mol. The van der Waals surface area contributed by atoms with Gasteiger partial charge in [-0.05, 0) is 19.3 Å². The molecule has 1 aliphatic rings. The maximum absolute atomic E-state index is 9.67. The minimum absolute atomic E-state index is 0.0734. The van der Waals surface area contributed by atoms with Crippen molar-refractivity contribution in [2.75, 3.05) is 32.9 Å². The van der Waals surface area contributed by atoms with Gasteiger partial charge < -0.3 is 20.3 Å². The van der Waals surface area contributed by atoms with Crippen LogP contribution in [0.5, 0.6) is 0 Å². The molecule has 0 aliphatic heterocycles. The average Bonchev–Trinajstić information content (AvgIpc) is 2.08. The van der Waals surface area contributed by atoms with Gasteiger partial charge in [-0.1, -0.05) is 0 Å². The molecule has 0 aromatic carbocycles. The van der Waals surface area contributed by atoms with E-state index in [4.69, 9.17) is 9.84 Å². The molecule has 0 amide bonds. The summed E-state index contributed by atoms with van der Waals surface area (Å²) in [7, 11) is 0. The van der Waals surface area contributed by atoms with E-state index in [1.807, 2.05) is 0 Å². The number of ether oxygens (including phenoxy) is 1. The van der Waals surface area contributed by atoms with Gasteiger partial charge in [-0.25, -0.2) is 0 Å². The van der Waals surface area contributed by atoms with Crippen molar-refractivity contribution in [1.82, 2.24) is 5.32 Å². The molecule has 0 unspecified atom stereocenters. The smallest absolute Gasteiger partial charge is 0.0771 e. The zero-order valence-corrected chi connectivity index (χ0v) is 7.96. The van der Waals surface area contributed by atoms with E-state index in [2.05, 4.69) is 5.32 Å². The SMILES string of the molecule is OCCOCCNCC1(O)CCC1. The predicted octanol–water partition coefficient (Wildman–Crippen LogP) is -0.500. The highest BCUT2D eigenvalue weighted by Gasteiger charge is 2.33. The van der Waals surface area contributed by atoms with Gasteiger partial charge in [0.15, 0.2) is 0 Å². The Kier molecular flexibility index (Phi) is 4.66. The fourth-order valence-electron chi connectivity index (χ4n) is 1.39. The second kappa shape index (κ2) is 5.54. The Morgan fingerprint density at radius 3 is 2.62 bits per heavy atom. The lowest BCUT2D eigenvalue weighted by molar-refractivity contribution is -0.0323. The van der Waals surface area contributed by atoms with Crippen molar-refractivity contribution in [3.05, 3.63) is 0 Å². The van der Waals surface area contributed by atoms with Crippen LogP contribution in [-0.4, -0.2) is 48.7 Å². The van der Waals surface area contributed by atoms with Crippen LogP contribution in [0.4, 0.5) is 0 Å². The quantitative estimate of drug-likeness (QED) is 0.472. The standard InChI is InChI=1S/C9H19NO3/c11-5-7-13-6-4-10-8-9(12)2-1-3-9/h10-12H,1-8H2. The van der Waals surface area contributed by atoms with E-state index in [-0.39, 0.29) is 6.61 Å². The lowest BCUT2D eigenvalue weighted by Crippen LogP contribution is -2.46. The van der Waals surface area contributed by atoms with Crippen LogP contribution in [-0.2, 0) is 4.74 Å². The topological polar surface area (TPSA) is 61.7 Å². The van der Waals surface area contributed by atoms with Crippen molar-refractivity contribution in [2.45, 2.75) is 24.9 Å². The molecule has 0 spiro atoms. The fraction of sp³-hybridized carbons (Fsp3) is 1.00. The fourth-order valence-corrected chi connectivity index (χ4v) is 1.39. The molecule has 1 fully saturated rings. The van der Waals surface area contributed by atoms with E-state index in [0.717, 1.165) is 25.8 Å². The first-order valence-electron chi connectivity index (χ1n) is 4.88. The van der Waals surface area contributed by atoms with Gasteiger partial charge >= 0.3 is 0 Å². The number of aliphatic hydroxyl groups is 2. The van der Waals surface area contributed by atoms with Crippen LogP contribution in [0.1, 0.15) is 19.3 Å². The van der Waals surface area contributed by atoms with Crippen molar-refractivity contribution in [3.63, 3.8) is 0 Å². The van der Waals surface area contributed by atoms with Crippen LogP contribution in [0.2, 0.25) is 0 Å². The first kappa shape index (κ1) is 10.9. The first-order chi connectivity index (χ1) is 6.27. The molecule has 4 nitrogen and oxygen atoms in total. The van der Waals surface area contributed by atoms with E-state index >= 15 is 0 Å². The molecule has 0 saturated heterocycles. The Labute approximate surface area is 78.9 Å². The maximum atomic E-state index is 9.67. The van der Waals surface area contributed by atoms with Gasteiger partial charge in [0, 0.05) is 13.1 Å². The van der Waals surface area contributed by atoms with Gasteiger partial charge in [0.1, 0.15) is 0 Å². The summed E-state index contributed by atoms with van der Waals surface area (Å²) in [6.07, 6.45) is 2.97. The number of aliphatic hydroxyl groups excluding tert-OH is 1. The molecule has 0 aromatic rings. The highest BCUT2D eigenvalue weighted by Crippen LogP contribution is 2.30. The lowest BCUT2D eigenvalue weighted by atomic mass is 9.80. The Morgan fingerprint density at radius 1 is 1.31 bits per heavy atom. The molecule has 1 rings (SSSR count). The molecule has 1 aliphatic carbocycles. The molecule has 4 heteroatoms. The second-order valence-electron chi connectivity index (χ2n) is 3.59. The molecule has 1 saturated carbocycles. The van der Waals surface area contributed by atoms with Gasteiger partial charge in [-0.2, -0.15) is 0 Å². The molecule has 0 bridgehead atoms. The van der Waals surface area contributed by atoms with Crippen molar-refractivity contribution in [2.24, 2.45) is 0 Å².